The van der Waals surface area contributed by atoms with E-state index in [4.69, 9.17) is 4.74 Å². The molecule has 37 heavy (non-hydrogen) atoms. The number of nitrogens with one attached hydrogen (secondary N) is 1. The Hall–Kier alpha value is -3.88. The molecule has 0 unspecified atom stereocenters. The van der Waals surface area contributed by atoms with Crippen LogP contribution in [0.2, 0.25) is 0 Å². The second kappa shape index (κ2) is 12.9. The lowest BCUT2D eigenvalue weighted by Crippen LogP contribution is -2.56. The predicted octanol–water partition coefficient (Wildman–Crippen LogP) is 3.12. The second-order valence-electron chi connectivity index (χ2n) is 10.0. The molecule has 0 spiro atoms. The zero-order valence-electron chi connectivity index (χ0n) is 22.3. The Morgan fingerprint density at radius 1 is 0.865 bits per heavy atom. The van der Waals surface area contributed by atoms with Crippen LogP contribution in [0.5, 0.6) is 0 Å². The van der Waals surface area contributed by atoms with Crippen LogP contribution in [0.1, 0.15) is 38.8 Å². The lowest BCUT2D eigenvalue weighted by molar-refractivity contribution is -0.145. The fourth-order valence-electron chi connectivity index (χ4n) is 3.63. The van der Waals surface area contributed by atoms with Crippen molar-refractivity contribution in [1.82, 2.24) is 15.1 Å². The third kappa shape index (κ3) is 8.93. The zero-order chi connectivity index (χ0) is 27.8. The van der Waals surface area contributed by atoms with Gasteiger partial charge >= 0.3 is 12.1 Å². The molecule has 9 heteroatoms. The van der Waals surface area contributed by atoms with Crippen LogP contribution >= 0.6 is 0 Å². The van der Waals surface area contributed by atoms with Crippen LogP contribution < -0.4 is 5.32 Å². The van der Waals surface area contributed by atoms with E-state index in [-0.39, 0.29) is 12.8 Å². The number of carbonyl (C=O) groups is 4. The highest BCUT2D eigenvalue weighted by Crippen LogP contribution is 2.16. The average Bonchev–Trinajstić information content (AvgIpc) is 2.85. The molecule has 2 rings (SSSR count). The molecule has 0 aromatic heterocycles. The lowest BCUT2D eigenvalue weighted by Gasteiger charge is -2.34. The number of likely N-dealkylation sites (N-methyl/N-ethyl adjacent to an activating group) is 2. The molecule has 0 saturated heterocycles. The summed E-state index contributed by atoms with van der Waals surface area (Å²) >= 11 is 0. The summed E-state index contributed by atoms with van der Waals surface area (Å²) in [5, 5.41) is 12.2. The van der Waals surface area contributed by atoms with Crippen molar-refractivity contribution < 1.29 is 29.0 Å². The molecule has 2 aromatic carbocycles. The summed E-state index contributed by atoms with van der Waals surface area (Å²) in [6.07, 6.45) is -0.356. The lowest BCUT2D eigenvalue weighted by atomic mass is 10.0. The van der Waals surface area contributed by atoms with Crippen molar-refractivity contribution in [3.63, 3.8) is 0 Å². The zero-order valence-corrected chi connectivity index (χ0v) is 22.3. The summed E-state index contributed by atoms with van der Waals surface area (Å²) in [5.41, 5.74) is 0.833. The summed E-state index contributed by atoms with van der Waals surface area (Å²) < 4.78 is 5.46. The number of ether oxygens (including phenoxy) is 1. The maximum Gasteiger partial charge on any atom is 0.410 e. The summed E-state index contributed by atoms with van der Waals surface area (Å²) in [4.78, 5) is 53.7. The van der Waals surface area contributed by atoms with Crippen LogP contribution in [-0.4, -0.2) is 76.6 Å². The molecule has 0 saturated carbocycles. The van der Waals surface area contributed by atoms with Gasteiger partial charge in [-0.25, -0.2) is 9.59 Å². The number of benzene rings is 2. The maximum atomic E-state index is 13.6. The van der Waals surface area contributed by atoms with E-state index in [9.17, 15) is 24.3 Å². The van der Waals surface area contributed by atoms with E-state index < -0.39 is 47.6 Å². The second-order valence-corrected chi connectivity index (χ2v) is 10.0. The fourth-order valence-corrected chi connectivity index (χ4v) is 3.63. The Morgan fingerprint density at radius 3 is 1.81 bits per heavy atom. The molecule has 0 fully saturated rings. The maximum absolute atomic E-state index is 13.6. The average molecular weight is 512 g/mol. The van der Waals surface area contributed by atoms with Crippen molar-refractivity contribution in [2.75, 3.05) is 14.1 Å². The van der Waals surface area contributed by atoms with Gasteiger partial charge in [-0.1, -0.05) is 60.7 Å². The number of carbonyl (C=O) groups excluding carboxylic acids is 3. The number of aliphatic carboxylic acids is 1. The van der Waals surface area contributed by atoms with Gasteiger partial charge in [0, 0.05) is 26.9 Å². The monoisotopic (exact) mass is 511 g/mol. The van der Waals surface area contributed by atoms with E-state index in [2.05, 4.69) is 5.32 Å². The summed E-state index contributed by atoms with van der Waals surface area (Å²) in [5.74, 6) is -2.27. The highest BCUT2D eigenvalue weighted by atomic mass is 16.6. The molecular weight excluding hydrogens is 474 g/mol. The van der Waals surface area contributed by atoms with Gasteiger partial charge in [0.05, 0.1) is 0 Å². The number of hydrogen-bond acceptors (Lipinski definition) is 5. The number of rotatable bonds is 10. The molecule has 0 radical (unpaired) electrons. The summed E-state index contributed by atoms with van der Waals surface area (Å²) in [7, 11) is 2.94. The Kier molecular flexibility index (Phi) is 10.2. The first-order chi connectivity index (χ1) is 17.3. The van der Waals surface area contributed by atoms with E-state index in [1.807, 2.05) is 36.4 Å². The van der Waals surface area contributed by atoms with Crippen LogP contribution in [-0.2, 0) is 32.0 Å². The molecule has 9 nitrogen and oxygen atoms in total. The number of carboxylic acid groups (broad SMARTS) is 1. The predicted molar refractivity (Wildman–Crippen MR) is 140 cm³/mol. The molecule has 3 amide bonds. The van der Waals surface area contributed by atoms with Crippen molar-refractivity contribution >= 4 is 23.9 Å². The Labute approximate surface area is 218 Å². The molecular formula is C28H37N3O6. The fraction of sp³-hybridized carbons (Fsp3) is 0.429. The first-order valence-electron chi connectivity index (χ1n) is 12.1. The van der Waals surface area contributed by atoms with Gasteiger partial charge in [-0.2, -0.15) is 0 Å². The van der Waals surface area contributed by atoms with Crippen LogP contribution in [0.25, 0.3) is 0 Å². The minimum absolute atomic E-state index is 0.101. The van der Waals surface area contributed by atoms with Gasteiger partial charge in [-0.15, -0.1) is 0 Å². The van der Waals surface area contributed by atoms with Crippen LogP contribution in [0.4, 0.5) is 4.79 Å². The number of nitrogens with zero attached hydrogens (tertiary/aromatic N) is 2. The van der Waals surface area contributed by atoms with E-state index in [0.717, 1.165) is 11.1 Å². The topological polar surface area (TPSA) is 116 Å². The van der Waals surface area contributed by atoms with E-state index in [0.29, 0.717) is 0 Å². The number of amides is 3. The van der Waals surface area contributed by atoms with Crippen molar-refractivity contribution in [2.45, 2.75) is 64.3 Å². The number of carboxylic acids is 1. The molecule has 0 aliphatic carbocycles. The molecule has 2 aromatic rings. The van der Waals surface area contributed by atoms with Gasteiger partial charge in [-0.3, -0.25) is 14.5 Å². The summed E-state index contributed by atoms with van der Waals surface area (Å²) in [6.45, 7) is 6.72. The standard InChI is InChI=1S/C28H37N3O6/c1-19(24(32)29-22(26(34)35)17-20-13-9-7-10-14-20)30(5)25(33)23(18-21-15-11-8-12-16-21)31(6)27(36)37-28(2,3)4/h7-16,19,22-23H,17-18H2,1-6H3,(H,29,32)(H,34,35)/t19-,22-,23-/m0/s1. The van der Waals surface area contributed by atoms with Gasteiger partial charge in [0.2, 0.25) is 11.8 Å². The SMILES string of the molecule is C[C@@H](C(=O)N[C@@H](Cc1ccccc1)C(=O)O)N(C)C(=O)[C@H](Cc1ccccc1)N(C)C(=O)OC(C)(C)C. The third-order valence-corrected chi connectivity index (χ3v) is 5.91. The van der Waals surface area contributed by atoms with Gasteiger partial charge in [0.25, 0.3) is 0 Å². The first-order valence-corrected chi connectivity index (χ1v) is 12.1. The van der Waals surface area contributed by atoms with E-state index in [1.54, 1.807) is 45.0 Å². The molecule has 2 N–H and O–H groups in total. The van der Waals surface area contributed by atoms with Gasteiger partial charge in [0.1, 0.15) is 23.7 Å². The summed E-state index contributed by atoms with van der Waals surface area (Å²) in [6, 6.07) is 15.1. The van der Waals surface area contributed by atoms with Crippen molar-refractivity contribution in [3.8, 4) is 0 Å². The van der Waals surface area contributed by atoms with Crippen molar-refractivity contribution in [2.24, 2.45) is 0 Å². The highest BCUT2D eigenvalue weighted by Gasteiger charge is 2.35. The molecule has 0 heterocycles. The Balaban J connectivity index is 2.20. The van der Waals surface area contributed by atoms with E-state index in [1.165, 1.54) is 30.8 Å². The number of hydrogen-bond donors (Lipinski definition) is 2. The van der Waals surface area contributed by atoms with E-state index >= 15 is 0 Å². The Morgan fingerprint density at radius 2 is 1.35 bits per heavy atom. The molecule has 0 bridgehead atoms. The van der Waals surface area contributed by atoms with Gasteiger partial charge in [0.15, 0.2) is 0 Å². The molecule has 3 atom stereocenters. The normalized spacial score (nSPS) is 13.6. The largest absolute Gasteiger partial charge is 0.480 e. The third-order valence-electron chi connectivity index (χ3n) is 5.91. The minimum Gasteiger partial charge on any atom is -0.480 e. The Bertz CT molecular complexity index is 1070. The quantitative estimate of drug-likeness (QED) is 0.506. The minimum atomic E-state index is -1.18. The van der Waals surface area contributed by atoms with Crippen LogP contribution in [0.3, 0.4) is 0 Å². The smallest absolute Gasteiger partial charge is 0.410 e. The first kappa shape index (κ1) is 29.4. The van der Waals surface area contributed by atoms with Crippen LogP contribution in [0, 0.1) is 0 Å². The van der Waals surface area contributed by atoms with Crippen LogP contribution in [0.15, 0.2) is 60.7 Å². The molecule has 0 aliphatic rings. The van der Waals surface area contributed by atoms with Gasteiger partial charge < -0.3 is 20.1 Å². The van der Waals surface area contributed by atoms with Crippen molar-refractivity contribution in [1.29, 1.82) is 0 Å². The molecule has 200 valence electrons. The van der Waals surface area contributed by atoms with Crippen molar-refractivity contribution in [3.05, 3.63) is 71.8 Å². The van der Waals surface area contributed by atoms with Gasteiger partial charge in [-0.05, 0) is 38.8 Å². The highest BCUT2D eigenvalue weighted by molar-refractivity contribution is 5.92. The molecule has 0 aliphatic heterocycles.